The minimum Gasteiger partial charge on any atom is -0.459 e. The van der Waals surface area contributed by atoms with Gasteiger partial charge in [0.15, 0.2) is 0 Å². The van der Waals surface area contributed by atoms with Gasteiger partial charge in [-0.2, -0.15) is 0 Å². The molecule has 2 saturated carbocycles. The van der Waals surface area contributed by atoms with Gasteiger partial charge in [-0.25, -0.2) is 4.79 Å². The predicted octanol–water partition coefficient (Wildman–Crippen LogP) is 8.88. The Balaban J connectivity index is 1.35. The third-order valence-electron chi connectivity index (χ3n) is 9.51. The van der Waals surface area contributed by atoms with E-state index in [2.05, 4.69) is 112 Å². The molecule has 0 radical (unpaired) electrons. The highest BCUT2D eigenvalue weighted by molar-refractivity contribution is 7.68. The van der Waals surface area contributed by atoms with E-state index in [0.29, 0.717) is 11.8 Å². The van der Waals surface area contributed by atoms with Crippen molar-refractivity contribution < 1.29 is 14.1 Å². The molecule has 3 nitrogen and oxygen atoms in total. The SMILES string of the molecule is C[C@@H]1CC[C@@H](C(C)(C)c2ccccc2)[C@H](OC(=O)/C=C\[C@@H](OP(c2ccccc2)c2ccccc2)C2CCCCC2)C1. The summed E-state index contributed by atoms with van der Waals surface area (Å²) in [6.45, 7) is 6.90. The van der Waals surface area contributed by atoms with Crippen LogP contribution in [-0.2, 0) is 19.5 Å². The van der Waals surface area contributed by atoms with Crippen molar-refractivity contribution in [1.82, 2.24) is 0 Å². The van der Waals surface area contributed by atoms with Crippen LogP contribution in [-0.4, -0.2) is 18.2 Å². The molecular formula is C38H47O3P. The molecule has 3 aromatic rings. The molecule has 4 heteroatoms. The largest absolute Gasteiger partial charge is 0.459 e. The van der Waals surface area contributed by atoms with E-state index in [4.69, 9.17) is 9.26 Å². The summed E-state index contributed by atoms with van der Waals surface area (Å²) in [5.41, 5.74) is 1.23. The highest BCUT2D eigenvalue weighted by atomic mass is 31.1. The van der Waals surface area contributed by atoms with E-state index in [1.54, 1.807) is 6.08 Å². The maximum atomic E-state index is 13.5. The van der Waals surface area contributed by atoms with Gasteiger partial charge in [0.1, 0.15) is 6.10 Å². The van der Waals surface area contributed by atoms with Gasteiger partial charge in [-0.3, -0.25) is 0 Å². The monoisotopic (exact) mass is 582 g/mol. The molecule has 0 heterocycles. The van der Waals surface area contributed by atoms with Crippen LogP contribution in [0, 0.1) is 17.8 Å². The summed E-state index contributed by atoms with van der Waals surface area (Å²) in [5, 5.41) is 2.38. The van der Waals surface area contributed by atoms with Gasteiger partial charge in [-0.05, 0) is 54.6 Å². The molecule has 4 atom stereocenters. The Bertz CT molecular complexity index is 1230. The number of benzene rings is 3. The Morgan fingerprint density at radius 3 is 1.98 bits per heavy atom. The second kappa shape index (κ2) is 14.6. The van der Waals surface area contributed by atoms with Gasteiger partial charge in [-0.15, -0.1) is 0 Å². The normalized spacial score (nSPS) is 22.7. The van der Waals surface area contributed by atoms with Crippen LogP contribution in [0.2, 0.25) is 0 Å². The van der Waals surface area contributed by atoms with E-state index < -0.39 is 8.15 Å². The average Bonchev–Trinajstić information content (AvgIpc) is 3.03. The van der Waals surface area contributed by atoms with Crippen LogP contribution in [0.1, 0.15) is 77.7 Å². The Labute approximate surface area is 254 Å². The lowest BCUT2D eigenvalue weighted by Crippen LogP contribution is -2.43. The van der Waals surface area contributed by atoms with Crippen LogP contribution >= 0.6 is 8.15 Å². The van der Waals surface area contributed by atoms with Crippen molar-refractivity contribution in [2.75, 3.05) is 0 Å². The van der Waals surface area contributed by atoms with E-state index in [1.165, 1.54) is 41.9 Å². The van der Waals surface area contributed by atoms with Gasteiger partial charge >= 0.3 is 5.97 Å². The van der Waals surface area contributed by atoms with Crippen LogP contribution in [0.4, 0.5) is 0 Å². The molecule has 0 aromatic heterocycles. The number of carbonyl (C=O) groups excluding carboxylic acids is 1. The highest BCUT2D eigenvalue weighted by Gasteiger charge is 2.41. The smallest absolute Gasteiger partial charge is 0.330 e. The summed E-state index contributed by atoms with van der Waals surface area (Å²) < 4.78 is 13.3. The Morgan fingerprint density at radius 1 is 0.810 bits per heavy atom. The van der Waals surface area contributed by atoms with E-state index in [9.17, 15) is 4.79 Å². The predicted molar refractivity (Wildman–Crippen MR) is 176 cm³/mol. The maximum Gasteiger partial charge on any atom is 0.330 e. The minimum atomic E-state index is -1.02. The van der Waals surface area contributed by atoms with E-state index in [1.807, 2.05) is 6.08 Å². The molecule has 222 valence electrons. The topological polar surface area (TPSA) is 35.5 Å². The lowest BCUT2D eigenvalue weighted by atomic mass is 9.64. The van der Waals surface area contributed by atoms with Crippen molar-refractivity contribution in [3.63, 3.8) is 0 Å². The van der Waals surface area contributed by atoms with Gasteiger partial charge in [0.25, 0.3) is 0 Å². The number of rotatable bonds is 10. The number of hydrogen-bond acceptors (Lipinski definition) is 3. The first-order valence-electron chi connectivity index (χ1n) is 15.9. The molecule has 42 heavy (non-hydrogen) atoms. The van der Waals surface area contributed by atoms with Crippen LogP contribution in [0.3, 0.4) is 0 Å². The van der Waals surface area contributed by atoms with Crippen molar-refractivity contribution >= 4 is 24.7 Å². The number of ether oxygens (including phenoxy) is 1. The minimum absolute atomic E-state index is 0.0784. The lowest BCUT2D eigenvalue weighted by molar-refractivity contribution is -0.150. The van der Waals surface area contributed by atoms with Crippen molar-refractivity contribution in [3.05, 3.63) is 109 Å². The summed E-state index contributed by atoms with van der Waals surface area (Å²) in [7, 11) is -1.02. The van der Waals surface area contributed by atoms with Crippen molar-refractivity contribution in [3.8, 4) is 0 Å². The second-order valence-electron chi connectivity index (χ2n) is 12.9. The van der Waals surface area contributed by atoms with Gasteiger partial charge in [0.05, 0.1) is 14.3 Å². The van der Waals surface area contributed by atoms with Gasteiger partial charge < -0.3 is 9.26 Å². The molecule has 2 aliphatic carbocycles. The van der Waals surface area contributed by atoms with Crippen LogP contribution in [0.5, 0.6) is 0 Å². The maximum absolute atomic E-state index is 13.5. The number of hydrogen-bond donors (Lipinski definition) is 0. The van der Waals surface area contributed by atoms with Crippen LogP contribution < -0.4 is 10.6 Å². The zero-order chi connectivity index (χ0) is 29.4. The second-order valence-corrected chi connectivity index (χ2v) is 14.7. The molecule has 3 aromatic carbocycles. The molecule has 2 aliphatic rings. The molecule has 0 bridgehead atoms. The summed E-state index contributed by atoms with van der Waals surface area (Å²) in [6.07, 6.45) is 12.6. The summed E-state index contributed by atoms with van der Waals surface area (Å²) in [5.74, 6) is 0.992. The van der Waals surface area contributed by atoms with Gasteiger partial charge in [-0.1, -0.05) is 137 Å². The van der Waals surface area contributed by atoms with Crippen molar-refractivity contribution in [1.29, 1.82) is 0 Å². The fourth-order valence-electron chi connectivity index (χ4n) is 6.99. The summed E-state index contributed by atoms with van der Waals surface area (Å²) >= 11 is 0. The quantitative estimate of drug-likeness (QED) is 0.136. The molecule has 0 unspecified atom stereocenters. The fourth-order valence-corrected chi connectivity index (χ4v) is 8.90. The molecule has 5 rings (SSSR count). The van der Waals surface area contributed by atoms with Crippen molar-refractivity contribution in [2.24, 2.45) is 17.8 Å². The number of esters is 1. The summed E-state index contributed by atoms with van der Waals surface area (Å²) in [6, 6.07) is 31.8. The van der Waals surface area contributed by atoms with Gasteiger partial charge in [0.2, 0.25) is 0 Å². The van der Waals surface area contributed by atoms with E-state index >= 15 is 0 Å². The average molecular weight is 583 g/mol. The zero-order valence-corrected chi connectivity index (χ0v) is 26.4. The third kappa shape index (κ3) is 7.80. The first kappa shape index (κ1) is 30.7. The first-order chi connectivity index (χ1) is 20.4. The third-order valence-corrected chi connectivity index (χ3v) is 11.5. The van der Waals surface area contributed by atoms with E-state index in [0.717, 1.165) is 25.7 Å². The fraction of sp³-hybridized carbons (Fsp3) is 0.447. The Morgan fingerprint density at radius 2 is 1.38 bits per heavy atom. The highest BCUT2D eigenvalue weighted by Crippen LogP contribution is 2.44. The van der Waals surface area contributed by atoms with E-state index in [-0.39, 0.29) is 29.5 Å². The first-order valence-corrected chi connectivity index (χ1v) is 17.2. The molecule has 0 N–H and O–H groups in total. The molecular weight excluding hydrogens is 535 g/mol. The molecule has 0 amide bonds. The van der Waals surface area contributed by atoms with Crippen LogP contribution in [0.25, 0.3) is 0 Å². The number of carbonyl (C=O) groups is 1. The Kier molecular flexibility index (Phi) is 10.7. The van der Waals surface area contributed by atoms with Crippen molar-refractivity contribution in [2.45, 2.75) is 89.8 Å². The Hall–Kier alpha value is -2.74. The lowest BCUT2D eigenvalue weighted by Gasteiger charge is -2.43. The standard InChI is InChI=1S/C38H47O3P/c1-29-24-25-34(38(2,3)31-18-10-5-11-19-31)36(28-29)40-37(39)27-26-35(30-16-8-4-9-17-30)41-42(32-20-12-6-13-21-32)33-22-14-7-15-23-33/h5-7,10-15,18-23,26-27,29-30,34-36H,4,8-9,16-17,24-25,28H2,1-3H3/b27-26-/t29-,34-,35-,36-/m1/s1. The molecule has 2 fully saturated rings. The zero-order valence-electron chi connectivity index (χ0n) is 25.5. The van der Waals surface area contributed by atoms with Crippen LogP contribution in [0.15, 0.2) is 103 Å². The molecule has 0 aliphatic heterocycles. The molecule has 0 saturated heterocycles. The summed E-state index contributed by atoms with van der Waals surface area (Å²) in [4.78, 5) is 13.5. The molecule has 0 spiro atoms. The van der Waals surface area contributed by atoms with Gasteiger partial charge in [0, 0.05) is 22.6 Å².